The summed E-state index contributed by atoms with van der Waals surface area (Å²) in [6.07, 6.45) is 0. The van der Waals surface area contributed by atoms with Gasteiger partial charge in [-0.25, -0.2) is 4.98 Å². The predicted octanol–water partition coefficient (Wildman–Crippen LogP) is 4.61. The van der Waals surface area contributed by atoms with E-state index >= 15 is 0 Å². The van der Waals surface area contributed by atoms with E-state index in [-0.39, 0.29) is 0 Å². The highest BCUT2D eigenvalue weighted by molar-refractivity contribution is 6.31. The quantitative estimate of drug-likeness (QED) is 0.589. The highest BCUT2D eigenvalue weighted by atomic mass is 35.5. The number of aromatic nitrogens is 2. The third-order valence-electron chi connectivity index (χ3n) is 4.43. The lowest BCUT2D eigenvalue weighted by Crippen LogP contribution is -2.27. The van der Waals surface area contributed by atoms with Crippen LogP contribution < -0.4 is 4.74 Å². The predicted molar refractivity (Wildman–Crippen MR) is 103 cm³/mol. The van der Waals surface area contributed by atoms with Crippen LogP contribution in [0.2, 0.25) is 5.02 Å². The topological polar surface area (TPSA) is 30.3 Å². The second kappa shape index (κ2) is 8.37. The Morgan fingerprint density at radius 2 is 1.84 bits per heavy atom. The molecular formula is C20H24ClN3O. The van der Waals surface area contributed by atoms with Crippen molar-refractivity contribution in [3.05, 3.63) is 59.4 Å². The molecular weight excluding hydrogens is 334 g/mol. The van der Waals surface area contributed by atoms with Gasteiger partial charge < -0.3 is 14.2 Å². The summed E-state index contributed by atoms with van der Waals surface area (Å²) in [5, 5.41) is 0.729. The summed E-state index contributed by atoms with van der Waals surface area (Å²) < 4.78 is 8.15. The molecule has 2 aromatic carbocycles. The Morgan fingerprint density at radius 1 is 1.08 bits per heavy atom. The Kier molecular flexibility index (Phi) is 5.95. The van der Waals surface area contributed by atoms with Gasteiger partial charge >= 0.3 is 0 Å². The first-order valence-corrected chi connectivity index (χ1v) is 9.14. The van der Waals surface area contributed by atoms with E-state index in [4.69, 9.17) is 21.3 Å². The summed E-state index contributed by atoms with van der Waals surface area (Å²) in [5.74, 6) is 1.77. The molecule has 25 heavy (non-hydrogen) atoms. The minimum atomic E-state index is 0.439. The molecule has 0 aliphatic carbocycles. The fourth-order valence-electron chi connectivity index (χ4n) is 2.95. The maximum atomic E-state index is 6.21. The van der Waals surface area contributed by atoms with Crippen molar-refractivity contribution in [3.63, 3.8) is 0 Å². The molecule has 0 saturated heterocycles. The molecule has 0 radical (unpaired) electrons. The molecule has 1 aromatic heterocycles. The number of hydrogen-bond donors (Lipinski definition) is 0. The van der Waals surface area contributed by atoms with Crippen LogP contribution in [-0.4, -0.2) is 34.1 Å². The Labute approximate surface area is 154 Å². The molecule has 1 heterocycles. The molecule has 132 valence electrons. The van der Waals surface area contributed by atoms with E-state index in [1.807, 2.05) is 48.5 Å². The summed E-state index contributed by atoms with van der Waals surface area (Å²) in [6, 6.07) is 15.7. The van der Waals surface area contributed by atoms with E-state index in [1.54, 1.807) is 0 Å². The third-order valence-corrected chi connectivity index (χ3v) is 4.67. The zero-order valence-corrected chi connectivity index (χ0v) is 15.5. The molecule has 0 saturated carbocycles. The second-order valence-electron chi connectivity index (χ2n) is 5.94. The number of para-hydroxylation sites is 1. The van der Waals surface area contributed by atoms with Gasteiger partial charge in [0, 0.05) is 18.1 Å². The number of likely N-dealkylation sites (N-methyl/N-ethyl adjacent to an activating group) is 1. The van der Waals surface area contributed by atoms with E-state index in [0.717, 1.165) is 53.8 Å². The number of halogens is 1. The lowest BCUT2D eigenvalue weighted by atomic mass is 10.3. The van der Waals surface area contributed by atoms with Crippen molar-refractivity contribution in [2.45, 2.75) is 27.0 Å². The van der Waals surface area contributed by atoms with Gasteiger partial charge in [0.25, 0.3) is 0 Å². The summed E-state index contributed by atoms with van der Waals surface area (Å²) in [5.41, 5.74) is 2.02. The Hall–Kier alpha value is -2.04. The molecule has 0 N–H and O–H groups in total. The molecule has 5 heteroatoms. The van der Waals surface area contributed by atoms with Crippen LogP contribution in [-0.2, 0) is 13.2 Å². The lowest BCUT2D eigenvalue weighted by molar-refractivity contribution is 0.271. The van der Waals surface area contributed by atoms with Crippen molar-refractivity contribution in [3.8, 4) is 5.75 Å². The molecule has 0 unspecified atom stereocenters. The van der Waals surface area contributed by atoms with Crippen LogP contribution in [0, 0.1) is 0 Å². The van der Waals surface area contributed by atoms with Gasteiger partial charge in [-0.05, 0) is 43.4 Å². The largest absolute Gasteiger partial charge is 0.486 e. The second-order valence-corrected chi connectivity index (χ2v) is 6.38. The fraction of sp³-hybridized carbons (Fsp3) is 0.350. The monoisotopic (exact) mass is 357 g/mol. The van der Waals surface area contributed by atoms with E-state index in [1.165, 1.54) is 0 Å². The van der Waals surface area contributed by atoms with Crippen LogP contribution in [0.4, 0.5) is 0 Å². The number of hydrogen-bond acceptors (Lipinski definition) is 3. The summed E-state index contributed by atoms with van der Waals surface area (Å²) in [4.78, 5) is 7.16. The van der Waals surface area contributed by atoms with E-state index in [9.17, 15) is 0 Å². The highest BCUT2D eigenvalue weighted by Gasteiger charge is 2.13. The first-order valence-electron chi connectivity index (χ1n) is 8.76. The van der Waals surface area contributed by atoms with Gasteiger partial charge in [-0.2, -0.15) is 0 Å². The van der Waals surface area contributed by atoms with Gasteiger partial charge in [0.1, 0.15) is 18.2 Å². The Balaban J connectivity index is 1.86. The van der Waals surface area contributed by atoms with Crippen LogP contribution in [0.15, 0.2) is 48.5 Å². The van der Waals surface area contributed by atoms with Gasteiger partial charge in [0.2, 0.25) is 0 Å². The van der Waals surface area contributed by atoms with Gasteiger partial charge in [-0.15, -0.1) is 0 Å². The van der Waals surface area contributed by atoms with Gasteiger partial charge in [0.05, 0.1) is 11.0 Å². The maximum absolute atomic E-state index is 6.21. The fourth-order valence-corrected chi connectivity index (χ4v) is 3.12. The number of nitrogens with zero attached hydrogens (tertiary/aromatic N) is 3. The minimum absolute atomic E-state index is 0.439. The average molecular weight is 358 g/mol. The van der Waals surface area contributed by atoms with Crippen LogP contribution in [0.5, 0.6) is 5.75 Å². The SMILES string of the molecule is CCN(CC)CCn1c(COc2ccccc2)nc2ccc(Cl)cc21. The standard InChI is InChI=1S/C20H24ClN3O/c1-3-23(4-2)12-13-24-19-14-16(21)10-11-18(19)22-20(24)15-25-17-8-6-5-7-9-17/h5-11,14H,3-4,12-13,15H2,1-2H3. The maximum Gasteiger partial charge on any atom is 0.148 e. The first-order chi connectivity index (χ1) is 12.2. The van der Waals surface area contributed by atoms with Crippen LogP contribution in [0.3, 0.4) is 0 Å². The van der Waals surface area contributed by atoms with Crippen molar-refractivity contribution in [1.82, 2.24) is 14.5 Å². The number of imidazole rings is 1. The number of ether oxygens (including phenoxy) is 1. The molecule has 0 spiro atoms. The summed E-state index contributed by atoms with van der Waals surface area (Å²) in [6.45, 7) is 8.74. The zero-order chi connectivity index (χ0) is 17.6. The van der Waals surface area contributed by atoms with Gasteiger partial charge in [0.15, 0.2) is 0 Å². The number of rotatable bonds is 8. The zero-order valence-electron chi connectivity index (χ0n) is 14.8. The van der Waals surface area contributed by atoms with Crippen molar-refractivity contribution < 1.29 is 4.74 Å². The molecule has 0 atom stereocenters. The van der Waals surface area contributed by atoms with Crippen molar-refractivity contribution in [2.75, 3.05) is 19.6 Å². The molecule has 0 aliphatic rings. The van der Waals surface area contributed by atoms with Crippen LogP contribution in [0.1, 0.15) is 19.7 Å². The third kappa shape index (κ3) is 4.33. The molecule has 0 bridgehead atoms. The number of benzene rings is 2. The first kappa shape index (κ1) is 17.8. The molecule has 0 fully saturated rings. The van der Waals surface area contributed by atoms with E-state index in [2.05, 4.69) is 23.3 Å². The van der Waals surface area contributed by atoms with Crippen LogP contribution >= 0.6 is 11.6 Å². The van der Waals surface area contributed by atoms with Gasteiger partial charge in [-0.1, -0.05) is 43.6 Å². The molecule has 3 rings (SSSR count). The Bertz CT molecular complexity index is 812. The Morgan fingerprint density at radius 3 is 2.56 bits per heavy atom. The summed E-state index contributed by atoms with van der Waals surface area (Å²) in [7, 11) is 0. The average Bonchev–Trinajstić information content (AvgIpc) is 2.98. The van der Waals surface area contributed by atoms with Crippen molar-refractivity contribution in [2.24, 2.45) is 0 Å². The smallest absolute Gasteiger partial charge is 0.148 e. The normalized spacial score (nSPS) is 11.4. The number of fused-ring (bicyclic) bond motifs is 1. The van der Waals surface area contributed by atoms with Crippen molar-refractivity contribution in [1.29, 1.82) is 0 Å². The van der Waals surface area contributed by atoms with E-state index < -0.39 is 0 Å². The molecule has 4 nitrogen and oxygen atoms in total. The minimum Gasteiger partial charge on any atom is -0.486 e. The molecule has 0 aliphatic heterocycles. The summed E-state index contributed by atoms with van der Waals surface area (Å²) >= 11 is 6.21. The van der Waals surface area contributed by atoms with E-state index in [0.29, 0.717) is 6.61 Å². The van der Waals surface area contributed by atoms with Crippen LogP contribution in [0.25, 0.3) is 11.0 Å². The highest BCUT2D eigenvalue weighted by Crippen LogP contribution is 2.22. The lowest BCUT2D eigenvalue weighted by Gasteiger charge is -2.19. The van der Waals surface area contributed by atoms with Crippen molar-refractivity contribution >= 4 is 22.6 Å². The molecule has 0 amide bonds. The van der Waals surface area contributed by atoms with Gasteiger partial charge in [-0.3, -0.25) is 0 Å². The molecule has 3 aromatic rings.